The quantitative estimate of drug-likeness (QED) is 0.617. The number of benzene rings is 1. The first-order chi connectivity index (χ1) is 10.1. The van der Waals surface area contributed by atoms with Crippen molar-refractivity contribution >= 4 is 17.3 Å². The molecule has 0 aromatic heterocycles. The van der Waals surface area contributed by atoms with Gasteiger partial charge in [0.1, 0.15) is 0 Å². The van der Waals surface area contributed by atoms with E-state index in [-0.39, 0.29) is 23.3 Å². The van der Waals surface area contributed by atoms with Crippen LogP contribution in [-0.4, -0.2) is 36.6 Å². The fraction of sp³-hybridized carbons (Fsp3) is 0.500. The molecule has 1 aliphatic heterocycles. The van der Waals surface area contributed by atoms with Gasteiger partial charge in [-0.2, -0.15) is 0 Å². The number of carbonyl (C=O) groups excluding carboxylic acids is 1. The van der Waals surface area contributed by atoms with E-state index < -0.39 is 4.92 Å². The summed E-state index contributed by atoms with van der Waals surface area (Å²) in [6, 6.07) is 4.24. The molecular formula is C14H19N3O4. The normalized spacial score (nSPS) is 17.5. The highest BCUT2D eigenvalue weighted by molar-refractivity contribution is 6.00. The Labute approximate surface area is 122 Å². The Bertz CT molecular complexity index is 527. The van der Waals surface area contributed by atoms with E-state index >= 15 is 0 Å². The lowest BCUT2D eigenvalue weighted by Gasteiger charge is -2.13. The third-order valence-electron chi connectivity index (χ3n) is 3.34. The van der Waals surface area contributed by atoms with E-state index in [1.165, 1.54) is 12.1 Å². The Balaban J connectivity index is 2.11. The SMILES string of the molecule is CCNc1ccc([N+](=O)[O-])cc1C(=O)NCC1CCCO1. The molecule has 7 heteroatoms. The molecule has 7 nitrogen and oxygen atoms in total. The molecule has 0 bridgehead atoms. The minimum absolute atomic E-state index is 0.0373. The molecule has 0 aliphatic carbocycles. The smallest absolute Gasteiger partial charge is 0.270 e. The molecule has 1 saturated heterocycles. The highest BCUT2D eigenvalue weighted by Crippen LogP contribution is 2.22. The summed E-state index contributed by atoms with van der Waals surface area (Å²) >= 11 is 0. The van der Waals surface area contributed by atoms with Crippen molar-refractivity contribution in [2.45, 2.75) is 25.9 Å². The average Bonchev–Trinajstić information content (AvgIpc) is 2.98. The molecule has 1 fully saturated rings. The number of ether oxygens (including phenoxy) is 1. The summed E-state index contributed by atoms with van der Waals surface area (Å²) in [5.74, 6) is -0.329. The number of hydrogen-bond donors (Lipinski definition) is 2. The van der Waals surface area contributed by atoms with E-state index in [1.54, 1.807) is 6.07 Å². The maximum atomic E-state index is 12.2. The van der Waals surface area contributed by atoms with E-state index in [9.17, 15) is 14.9 Å². The zero-order valence-electron chi connectivity index (χ0n) is 11.9. The van der Waals surface area contributed by atoms with Crippen LogP contribution in [-0.2, 0) is 4.74 Å². The predicted molar refractivity (Wildman–Crippen MR) is 78.6 cm³/mol. The van der Waals surface area contributed by atoms with Crippen molar-refractivity contribution in [3.05, 3.63) is 33.9 Å². The molecule has 1 atom stereocenters. The number of non-ortho nitro benzene ring substituents is 1. The summed E-state index contributed by atoms with van der Waals surface area (Å²) in [5.41, 5.74) is 0.774. The molecule has 1 aliphatic rings. The number of anilines is 1. The largest absolute Gasteiger partial charge is 0.385 e. The number of carbonyl (C=O) groups is 1. The standard InChI is InChI=1S/C14H19N3O4/c1-2-15-13-6-5-10(17(19)20)8-12(13)14(18)16-9-11-4-3-7-21-11/h5-6,8,11,15H,2-4,7,9H2,1H3,(H,16,18). The Kier molecular flexibility index (Phi) is 5.10. The van der Waals surface area contributed by atoms with E-state index in [4.69, 9.17) is 4.74 Å². The van der Waals surface area contributed by atoms with Crippen LogP contribution in [0.25, 0.3) is 0 Å². The van der Waals surface area contributed by atoms with Crippen LogP contribution in [0.15, 0.2) is 18.2 Å². The van der Waals surface area contributed by atoms with Gasteiger partial charge in [-0.15, -0.1) is 0 Å². The molecular weight excluding hydrogens is 274 g/mol. The zero-order valence-corrected chi connectivity index (χ0v) is 11.9. The number of nitro groups is 1. The number of nitro benzene ring substituents is 1. The summed E-state index contributed by atoms with van der Waals surface area (Å²) < 4.78 is 5.44. The second-order valence-electron chi connectivity index (χ2n) is 4.86. The first kappa shape index (κ1) is 15.2. The molecule has 1 amide bonds. The number of nitrogens with zero attached hydrogens (tertiary/aromatic N) is 1. The van der Waals surface area contributed by atoms with Crippen molar-refractivity contribution in [3.8, 4) is 0 Å². The Morgan fingerprint density at radius 3 is 2.95 bits per heavy atom. The van der Waals surface area contributed by atoms with Gasteiger partial charge in [0.2, 0.25) is 0 Å². The third-order valence-corrected chi connectivity index (χ3v) is 3.34. The lowest BCUT2D eigenvalue weighted by molar-refractivity contribution is -0.384. The van der Waals surface area contributed by atoms with Crippen LogP contribution in [0.3, 0.4) is 0 Å². The molecule has 1 unspecified atom stereocenters. The van der Waals surface area contributed by atoms with Gasteiger partial charge in [0.25, 0.3) is 11.6 Å². The van der Waals surface area contributed by atoms with Crippen molar-refractivity contribution in [2.24, 2.45) is 0 Å². The van der Waals surface area contributed by atoms with Crippen LogP contribution in [0.2, 0.25) is 0 Å². The molecule has 1 heterocycles. The van der Waals surface area contributed by atoms with Crippen molar-refractivity contribution in [2.75, 3.05) is 25.0 Å². The summed E-state index contributed by atoms with van der Waals surface area (Å²) in [6.45, 7) is 3.67. The first-order valence-corrected chi connectivity index (χ1v) is 7.04. The molecule has 0 saturated carbocycles. The average molecular weight is 293 g/mol. The van der Waals surface area contributed by atoms with Gasteiger partial charge < -0.3 is 15.4 Å². The molecule has 2 rings (SSSR count). The maximum Gasteiger partial charge on any atom is 0.270 e. The third kappa shape index (κ3) is 3.91. The van der Waals surface area contributed by atoms with E-state index in [2.05, 4.69) is 10.6 Å². The van der Waals surface area contributed by atoms with Gasteiger partial charge in [-0.1, -0.05) is 0 Å². The number of amides is 1. The maximum absolute atomic E-state index is 12.2. The van der Waals surface area contributed by atoms with E-state index in [1.807, 2.05) is 6.92 Å². The van der Waals surface area contributed by atoms with Crippen molar-refractivity contribution in [1.82, 2.24) is 5.32 Å². The minimum Gasteiger partial charge on any atom is -0.385 e. The molecule has 114 valence electrons. The predicted octanol–water partition coefficient (Wildman–Crippen LogP) is 1.94. The molecule has 21 heavy (non-hydrogen) atoms. The lowest BCUT2D eigenvalue weighted by Crippen LogP contribution is -2.32. The molecule has 1 aromatic rings. The second-order valence-corrected chi connectivity index (χ2v) is 4.86. The van der Waals surface area contributed by atoms with Crippen LogP contribution in [0.5, 0.6) is 0 Å². The highest BCUT2D eigenvalue weighted by atomic mass is 16.6. The zero-order chi connectivity index (χ0) is 15.2. The Hall–Kier alpha value is -2.15. The van der Waals surface area contributed by atoms with Gasteiger partial charge in [-0.05, 0) is 25.8 Å². The van der Waals surface area contributed by atoms with Gasteiger partial charge in [-0.25, -0.2) is 0 Å². The summed E-state index contributed by atoms with van der Waals surface area (Å²) in [6.07, 6.45) is 1.96. The van der Waals surface area contributed by atoms with Gasteiger partial charge in [0.05, 0.1) is 16.6 Å². The molecule has 2 N–H and O–H groups in total. The highest BCUT2D eigenvalue weighted by Gasteiger charge is 2.19. The summed E-state index contributed by atoms with van der Waals surface area (Å²) in [4.78, 5) is 22.6. The lowest BCUT2D eigenvalue weighted by atomic mass is 10.1. The minimum atomic E-state index is -0.507. The van der Waals surface area contributed by atoms with E-state index in [0.29, 0.717) is 18.8 Å². The fourth-order valence-electron chi connectivity index (χ4n) is 2.29. The monoisotopic (exact) mass is 293 g/mol. The van der Waals surface area contributed by atoms with Gasteiger partial charge in [0.15, 0.2) is 0 Å². The summed E-state index contributed by atoms with van der Waals surface area (Å²) in [5, 5.41) is 16.7. The number of rotatable bonds is 6. The van der Waals surface area contributed by atoms with Crippen molar-refractivity contribution in [1.29, 1.82) is 0 Å². The van der Waals surface area contributed by atoms with Crippen molar-refractivity contribution < 1.29 is 14.5 Å². The van der Waals surface area contributed by atoms with Gasteiger partial charge >= 0.3 is 0 Å². The van der Waals surface area contributed by atoms with Crippen LogP contribution in [0.1, 0.15) is 30.1 Å². The molecule has 0 spiro atoms. The van der Waals surface area contributed by atoms with Crippen LogP contribution in [0, 0.1) is 10.1 Å². The van der Waals surface area contributed by atoms with Crippen LogP contribution < -0.4 is 10.6 Å². The van der Waals surface area contributed by atoms with E-state index in [0.717, 1.165) is 19.4 Å². The second kappa shape index (κ2) is 7.03. The molecule has 0 radical (unpaired) electrons. The first-order valence-electron chi connectivity index (χ1n) is 7.04. The number of nitrogens with one attached hydrogen (secondary N) is 2. The van der Waals surface area contributed by atoms with Crippen LogP contribution >= 0.6 is 0 Å². The van der Waals surface area contributed by atoms with Crippen molar-refractivity contribution in [3.63, 3.8) is 0 Å². The number of hydrogen-bond acceptors (Lipinski definition) is 5. The summed E-state index contributed by atoms with van der Waals surface area (Å²) in [7, 11) is 0. The van der Waals surface area contributed by atoms with Gasteiger partial charge in [0, 0.05) is 37.5 Å². The fourth-order valence-corrected chi connectivity index (χ4v) is 2.29. The Morgan fingerprint density at radius 1 is 1.52 bits per heavy atom. The van der Waals surface area contributed by atoms with Crippen LogP contribution in [0.4, 0.5) is 11.4 Å². The molecule has 1 aromatic carbocycles. The topological polar surface area (TPSA) is 93.5 Å². The Morgan fingerprint density at radius 2 is 2.33 bits per heavy atom. The van der Waals surface area contributed by atoms with Gasteiger partial charge in [-0.3, -0.25) is 14.9 Å².